The summed E-state index contributed by atoms with van der Waals surface area (Å²) in [5, 5.41) is 8.72. The minimum Gasteiger partial charge on any atom is -0.273 e. The molecule has 0 fully saturated rings. The molecule has 0 spiro atoms. The summed E-state index contributed by atoms with van der Waals surface area (Å²) in [5.41, 5.74) is 1.09. The van der Waals surface area contributed by atoms with Crippen molar-refractivity contribution in [2.45, 2.75) is 19.9 Å². The standard InChI is InChI=1S/C10H13N3S/c1-7(2)9-6-14-10(13-9)8-3-4-11-12-5-8/h3-5,7,9H,6H2,1-2H3. The Morgan fingerprint density at radius 2 is 2.29 bits per heavy atom. The average molecular weight is 207 g/mol. The predicted molar refractivity (Wildman–Crippen MR) is 59.7 cm³/mol. The molecule has 74 valence electrons. The highest BCUT2D eigenvalue weighted by Crippen LogP contribution is 2.26. The third-order valence-electron chi connectivity index (χ3n) is 2.27. The summed E-state index contributed by atoms with van der Waals surface area (Å²) in [4.78, 5) is 4.67. The van der Waals surface area contributed by atoms with Crippen molar-refractivity contribution in [2.75, 3.05) is 5.75 Å². The van der Waals surface area contributed by atoms with Gasteiger partial charge >= 0.3 is 0 Å². The number of thioether (sulfide) groups is 1. The van der Waals surface area contributed by atoms with Gasteiger partial charge in [-0.25, -0.2) is 0 Å². The fourth-order valence-electron chi connectivity index (χ4n) is 1.31. The van der Waals surface area contributed by atoms with E-state index in [0.717, 1.165) is 16.4 Å². The molecule has 0 radical (unpaired) electrons. The van der Waals surface area contributed by atoms with E-state index in [1.54, 1.807) is 12.4 Å². The first-order valence-electron chi connectivity index (χ1n) is 4.75. The zero-order chi connectivity index (χ0) is 9.97. The van der Waals surface area contributed by atoms with Gasteiger partial charge < -0.3 is 0 Å². The first-order valence-corrected chi connectivity index (χ1v) is 5.73. The lowest BCUT2D eigenvalue weighted by Crippen LogP contribution is -2.11. The fraction of sp³-hybridized carbons (Fsp3) is 0.500. The van der Waals surface area contributed by atoms with E-state index in [-0.39, 0.29) is 0 Å². The Morgan fingerprint density at radius 3 is 2.86 bits per heavy atom. The smallest absolute Gasteiger partial charge is 0.0998 e. The van der Waals surface area contributed by atoms with Crippen molar-refractivity contribution in [3.05, 3.63) is 24.0 Å². The summed E-state index contributed by atoms with van der Waals surface area (Å²) < 4.78 is 0. The highest BCUT2D eigenvalue weighted by molar-refractivity contribution is 8.14. The summed E-state index contributed by atoms with van der Waals surface area (Å²) in [6.45, 7) is 4.42. The molecule has 0 aliphatic carbocycles. The maximum atomic E-state index is 4.67. The van der Waals surface area contributed by atoms with Gasteiger partial charge in [-0.1, -0.05) is 13.8 Å². The van der Waals surface area contributed by atoms with Gasteiger partial charge in [0.1, 0.15) is 0 Å². The van der Waals surface area contributed by atoms with Crippen LogP contribution < -0.4 is 0 Å². The molecule has 1 aromatic heterocycles. The van der Waals surface area contributed by atoms with Crippen molar-refractivity contribution < 1.29 is 0 Å². The molecule has 1 aromatic rings. The molecule has 0 N–H and O–H groups in total. The number of hydrogen-bond donors (Lipinski definition) is 0. The molecular weight excluding hydrogens is 194 g/mol. The van der Waals surface area contributed by atoms with Crippen LogP contribution in [0, 0.1) is 5.92 Å². The van der Waals surface area contributed by atoms with E-state index in [1.807, 2.05) is 17.8 Å². The largest absolute Gasteiger partial charge is 0.273 e. The Kier molecular flexibility index (Phi) is 2.82. The van der Waals surface area contributed by atoms with Gasteiger partial charge in [0.25, 0.3) is 0 Å². The second-order valence-corrected chi connectivity index (χ2v) is 4.70. The highest BCUT2D eigenvalue weighted by atomic mass is 32.2. The predicted octanol–water partition coefficient (Wildman–Crippen LogP) is 1.99. The Hall–Kier alpha value is -0.900. The molecule has 3 nitrogen and oxygen atoms in total. The lowest BCUT2D eigenvalue weighted by atomic mass is 10.1. The molecule has 2 rings (SSSR count). The Balaban J connectivity index is 2.18. The second kappa shape index (κ2) is 4.09. The van der Waals surface area contributed by atoms with E-state index in [0.29, 0.717) is 12.0 Å². The van der Waals surface area contributed by atoms with Crippen molar-refractivity contribution >= 4 is 16.8 Å². The first kappa shape index (κ1) is 9.65. The summed E-state index contributed by atoms with van der Waals surface area (Å²) in [6.07, 6.45) is 3.48. The number of aromatic nitrogens is 2. The van der Waals surface area contributed by atoms with E-state index in [2.05, 4.69) is 29.0 Å². The van der Waals surface area contributed by atoms with Gasteiger partial charge in [-0.2, -0.15) is 10.2 Å². The van der Waals surface area contributed by atoms with Crippen LogP contribution in [-0.2, 0) is 0 Å². The highest BCUT2D eigenvalue weighted by Gasteiger charge is 2.21. The maximum absolute atomic E-state index is 4.67. The van der Waals surface area contributed by atoms with Crippen LogP contribution in [0.15, 0.2) is 23.5 Å². The van der Waals surface area contributed by atoms with Gasteiger partial charge in [-0.05, 0) is 12.0 Å². The molecule has 0 saturated carbocycles. The molecular formula is C10H13N3S. The SMILES string of the molecule is CC(C)C1CSC(c2ccnnc2)=N1. The van der Waals surface area contributed by atoms with Gasteiger partial charge in [0.2, 0.25) is 0 Å². The minimum absolute atomic E-state index is 0.461. The molecule has 1 unspecified atom stereocenters. The summed E-state index contributed by atoms with van der Waals surface area (Å²) in [5.74, 6) is 1.71. The Labute approximate surface area is 88.0 Å². The number of nitrogens with zero attached hydrogens (tertiary/aromatic N) is 3. The van der Waals surface area contributed by atoms with Crippen molar-refractivity contribution in [1.82, 2.24) is 10.2 Å². The molecule has 0 amide bonds. The van der Waals surface area contributed by atoms with E-state index in [4.69, 9.17) is 0 Å². The third-order valence-corrected chi connectivity index (χ3v) is 3.40. The quantitative estimate of drug-likeness (QED) is 0.744. The van der Waals surface area contributed by atoms with Crippen LogP contribution in [-0.4, -0.2) is 27.0 Å². The third kappa shape index (κ3) is 1.95. The molecule has 0 saturated heterocycles. The van der Waals surface area contributed by atoms with E-state index in [1.165, 1.54) is 0 Å². The molecule has 1 aliphatic rings. The van der Waals surface area contributed by atoms with Crippen LogP contribution in [0.3, 0.4) is 0 Å². The van der Waals surface area contributed by atoms with Gasteiger partial charge in [0.05, 0.1) is 23.5 Å². The van der Waals surface area contributed by atoms with E-state index >= 15 is 0 Å². The number of hydrogen-bond acceptors (Lipinski definition) is 4. The Bertz CT molecular complexity index is 334. The molecule has 1 aliphatic heterocycles. The van der Waals surface area contributed by atoms with Crippen molar-refractivity contribution in [1.29, 1.82) is 0 Å². The normalized spacial score (nSPS) is 21.4. The minimum atomic E-state index is 0.461. The average Bonchev–Trinajstić information content (AvgIpc) is 2.68. The van der Waals surface area contributed by atoms with Gasteiger partial charge in [-0.15, -0.1) is 11.8 Å². The monoisotopic (exact) mass is 207 g/mol. The first-order chi connectivity index (χ1) is 6.77. The van der Waals surface area contributed by atoms with Crippen LogP contribution in [0.4, 0.5) is 0 Å². The molecule has 0 aromatic carbocycles. The van der Waals surface area contributed by atoms with E-state index in [9.17, 15) is 0 Å². The van der Waals surface area contributed by atoms with Crippen LogP contribution in [0.2, 0.25) is 0 Å². The topological polar surface area (TPSA) is 38.1 Å². The van der Waals surface area contributed by atoms with Crippen LogP contribution in [0.1, 0.15) is 19.4 Å². The number of aliphatic imine (C=N–C) groups is 1. The lowest BCUT2D eigenvalue weighted by Gasteiger charge is -2.07. The fourth-order valence-corrected chi connectivity index (χ4v) is 2.59. The molecule has 2 heterocycles. The van der Waals surface area contributed by atoms with Gasteiger partial charge in [0.15, 0.2) is 0 Å². The molecule has 1 atom stereocenters. The molecule has 0 bridgehead atoms. The zero-order valence-corrected chi connectivity index (χ0v) is 9.16. The van der Waals surface area contributed by atoms with Crippen molar-refractivity contribution in [2.24, 2.45) is 10.9 Å². The Morgan fingerprint density at radius 1 is 1.43 bits per heavy atom. The lowest BCUT2D eigenvalue weighted by molar-refractivity contribution is 0.543. The maximum Gasteiger partial charge on any atom is 0.0998 e. The summed E-state index contributed by atoms with van der Waals surface area (Å²) in [7, 11) is 0. The summed E-state index contributed by atoms with van der Waals surface area (Å²) in [6, 6.07) is 2.42. The zero-order valence-electron chi connectivity index (χ0n) is 8.34. The van der Waals surface area contributed by atoms with E-state index < -0.39 is 0 Å². The molecule has 4 heteroatoms. The number of rotatable bonds is 2. The van der Waals surface area contributed by atoms with Crippen molar-refractivity contribution in [3.8, 4) is 0 Å². The van der Waals surface area contributed by atoms with Crippen LogP contribution >= 0.6 is 11.8 Å². The summed E-state index contributed by atoms with van der Waals surface area (Å²) >= 11 is 1.81. The van der Waals surface area contributed by atoms with Crippen molar-refractivity contribution in [3.63, 3.8) is 0 Å². The van der Waals surface area contributed by atoms with Gasteiger partial charge in [0, 0.05) is 11.3 Å². The van der Waals surface area contributed by atoms with Crippen LogP contribution in [0.25, 0.3) is 0 Å². The second-order valence-electron chi connectivity index (χ2n) is 3.69. The van der Waals surface area contributed by atoms with Gasteiger partial charge in [-0.3, -0.25) is 4.99 Å². The van der Waals surface area contributed by atoms with Crippen LogP contribution in [0.5, 0.6) is 0 Å². The molecule has 14 heavy (non-hydrogen) atoms.